The van der Waals surface area contributed by atoms with Crippen LogP contribution in [0, 0.1) is 6.92 Å². The lowest BCUT2D eigenvalue weighted by Crippen LogP contribution is -2.17. The van der Waals surface area contributed by atoms with Crippen molar-refractivity contribution in [1.82, 2.24) is 0 Å². The number of esters is 1. The highest BCUT2D eigenvalue weighted by atomic mass is 16.5. The lowest BCUT2D eigenvalue weighted by Gasteiger charge is -2.19. The largest absolute Gasteiger partial charge is 0.453 e. The molecular weight excluding hydrogens is 350 g/mol. The molecule has 0 saturated heterocycles. The number of hydrogen-bond acceptors (Lipinski definition) is 3. The summed E-state index contributed by atoms with van der Waals surface area (Å²) in [6.07, 6.45) is -0.397. The molecule has 0 aliphatic heterocycles. The maximum Gasteiger partial charge on any atom is 0.307 e. The molecule has 3 aromatic rings. The molecular formula is C24H23NO3. The summed E-state index contributed by atoms with van der Waals surface area (Å²) >= 11 is 0. The third kappa shape index (κ3) is 5.55. The van der Waals surface area contributed by atoms with Crippen molar-refractivity contribution in [1.29, 1.82) is 0 Å². The van der Waals surface area contributed by atoms with Crippen molar-refractivity contribution < 1.29 is 14.3 Å². The van der Waals surface area contributed by atoms with Crippen LogP contribution < -0.4 is 5.32 Å². The van der Waals surface area contributed by atoms with Crippen molar-refractivity contribution in [2.75, 3.05) is 5.32 Å². The van der Waals surface area contributed by atoms with E-state index >= 15 is 0 Å². The normalized spacial score (nSPS) is 10.5. The minimum absolute atomic E-state index is 0.0217. The molecule has 0 heterocycles. The minimum atomic E-state index is -0.491. The number of rotatable bonds is 7. The molecule has 4 nitrogen and oxygen atoms in total. The lowest BCUT2D eigenvalue weighted by molar-refractivity contribution is -0.148. The first-order chi connectivity index (χ1) is 13.6. The molecule has 1 amide bonds. The van der Waals surface area contributed by atoms with Crippen LogP contribution in [0.3, 0.4) is 0 Å². The van der Waals surface area contributed by atoms with E-state index in [1.807, 2.05) is 91.9 Å². The average Bonchev–Trinajstić information content (AvgIpc) is 2.73. The van der Waals surface area contributed by atoms with Gasteiger partial charge in [-0.25, -0.2) is 0 Å². The number of aryl methyl sites for hydroxylation is 1. The first-order valence-corrected chi connectivity index (χ1v) is 9.28. The molecule has 1 N–H and O–H groups in total. The fraction of sp³-hybridized carbons (Fsp3) is 0.167. The Bertz CT molecular complexity index is 866. The molecule has 0 aromatic heterocycles. The number of hydrogen-bond donors (Lipinski definition) is 1. The van der Waals surface area contributed by atoms with Crippen LogP contribution in [0.1, 0.15) is 35.6 Å². The van der Waals surface area contributed by atoms with Crippen LogP contribution in [0.4, 0.5) is 5.69 Å². The molecule has 0 aliphatic carbocycles. The van der Waals surface area contributed by atoms with Gasteiger partial charge >= 0.3 is 5.97 Å². The second kappa shape index (κ2) is 9.51. The van der Waals surface area contributed by atoms with Gasteiger partial charge in [0.2, 0.25) is 5.91 Å². The topological polar surface area (TPSA) is 55.4 Å². The van der Waals surface area contributed by atoms with Gasteiger partial charge in [-0.1, -0.05) is 78.4 Å². The Balaban J connectivity index is 1.59. The predicted molar refractivity (Wildman–Crippen MR) is 110 cm³/mol. The highest BCUT2D eigenvalue weighted by Gasteiger charge is 2.19. The van der Waals surface area contributed by atoms with Gasteiger partial charge in [-0.05, 0) is 30.2 Å². The molecule has 0 bridgehead atoms. The van der Waals surface area contributed by atoms with Gasteiger partial charge in [0.1, 0.15) is 0 Å². The van der Waals surface area contributed by atoms with E-state index in [-0.39, 0.29) is 18.7 Å². The van der Waals surface area contributed by atoms with E-state index < -0.39 is 12.1 Å². The van der Waals surface area contributed by atoms with Gasteiger partial charge in [0.05, 0.1) is 6.42 Å². The summed E-state index contributed by atoms with van der Waals surface area (Å²) in [7, 11) is 0. The van der Waals surface area contributed by atoms with Gasteiger partial charge in [0.25, 0.3) is 0 Å². The summed E-state index contributed by atoms with van der Waals surface area (Å²) < 4.78 is 5.72. The molecule has 4 heteroatoms. The van der Waals surface area contributed by atoms with Crippen molar-refractivity contribution >= 4 is 17.6 Å². The first-order valence-electron chi connectivity index (χ1n) is 9.28. The van der Waals surface area contributed by atoms with E-state index in [0.717, 1.165) is 22.4 Å². The second-order valence-corrected chi connectivity index (χ2v) is 6.61. The van der Waals surface area contributed by atoms with Crippen molar-refractivity contribution in [3.63, 3.8) is 0 Å². The van der Waals surface area contributed by atoms with Crippen molar-refractivity contribution in [3.05, 3.63) is 102 Å². The third-order valence-corrected chi connectivity index (χ3v) is 4.35. The molecule has 28 heavy (non-hydrogen) atoms. The first kappa shape index (κ1) is 19.4. The second-order valence-electron chi connectivity index (χ2n) is 6.61. The van der Waals surface area contributed by atoms with Gasteiger partial charge in [0.15, 0.2) is 6.10 Å². The van der Waals surface area contributed by atoms with Gasteiger partial charge in [-0.2, -0.15) is 0 Å². The van der Waals surface area contributed by atoms with E-state index in [4.69, 9.17) is 4.74 Å². The van der Waals surface area contributed by atoms with Crippen molar-refractivity contribution in [2.24, 2.45) is 0 Å². The highest BCUT2D eigenvalue weighted by Crippen LogP contribution is 2.26. The molecule has 3 aromatic carbocycles. The lowest BCUT2D eigenvalue weighted by atomic mass is 10.0. The Morgan fingerprint density at radius 3 is 1.86 bits per heavy atom. The van der Waals surface area contributed by atoms with Gasteiger partial charge in [-0.3, -0.25) is 9.59 Å². The van der Waals surface area contributed by atoms with Crippen LogP contribution in [-0.2, 0) is 14.3 Å². The molecule has 0 atom stereocenters. The quantitative estimate of drug-likeness (QED) is 0.590. The van der Waals surface area contributed by atoms with Crippen LogP contribution in [-0.4, -0.2) is 11.9 Å². The Morgan fingerprint density at radius 2 is 1.32 bits per heavy atom. The zero-order chi connectivity index (χ0) is 19.8. The standard InChI is InChI=1S/C24H23NO3/c1-18-12-14-21(15-13-18)25-22(26)16-17-23(27)28-24(19-8-4-2-5-9-19)20-10-6-3-7-11-20/h2-15,24H,16-17H2,1H3,(H,25,26). The van der Waals surface area contributed by atoms with Gasteiger partial charge in [-0.15, -0.1) is 0 Å². The van der Waals surface area contributed by atoms with Gasteiger partial charge in [0, 0.05) is 12.1 Å². The van der Waals surface area contributed by atoms with Gasteiger partial charge < -0.3 is 10.1 Å². The maximum atomic E-state index is 12.4. The number of nitrogens with one attached hydrogen (secondary N) is 1. The average molecular weight is 373 g/mol. The van der Waals surface area contributed by atoms with E-state index in [1.54, 1.807) is 0 Å². The monoisotopic (exact) mass is 373 g/mol. The molecule has 0 aliphatic rings. The number of anilines is 1. The summed E-state index contributed by atoms with van der Waals surface area (Å²) in [6, 6.07) is 26.7. The van der Waals surface area contributed by atoms with Crippen LogP contribution in [0.25, 0.3) is 0 Å². The van der Waals surface area contributed by atoms with E-state index in [0.29, 0.717) is 0 Å². The Hall–Kier alpha value is -3.40. The number of ether oxygens (including phenoxy) is 1. The molecule has 0 spiro atoms. The molecule has 3 rings (SSSR count). The number of amides is 1. The molecule has 0 fully saturated rings. The highest BCUT2D eigenvalue weighted by molar-refractivity contribution is 5.92. The summed E-state index contributed by atoms with van der Waals surface area (Å²) in [5.41, 5.74) is 3.63. The number of carbonyl (C=O) groups excluding carboxylic acids is 2. The van der Waals surface area contributed by atoms with Crippen molar-refractivity contribution in [2.45, 2.75) is 25.9 Å². The van der Waals surface area contributed by atoms with Crippen LogP contribution in [0.2, 0.25) is 0 Å². The smallest absolute Gasteiger partial charge is 0.307 e. The van der Waals surface area contributed by atoms with E-state index in [2.05, 4.69) is 5.32 Å². The SMILES string of the molecule is Cc1ccc(NC(=O)CCC(=O)OC(c2ccccc2)c2ccccc2)cc1. The minimum Gasteiger partial charge on any atom is -0.453 e. The summed E-state index contributed by atoms with van der Waals surface area (Å²) in [5, 5.41) is 2.79. The van der Waals surface area contributed by atoms with Crippen LogP contribution >= 0.6 is 0 Å². The Morgan fingerprint density at radius 1 is 0.786 bits per heavy atom. The van der Waals surface area contributed by atoms with Crippen LogP contribution in [0.5, 0.6) is 0 Å². The third-order valence-electron chi connectivity index (χ3n) is 4.35. The summed E-state index contributed by atoms with van der Waals surface area (Å²) in [6.45, 7) is 1.98. The van der Waals surface area contributed by atoms with E-state index in [1.165, 1.54) is 0 Å². The summed E-state index contributed by atoms with van der Waals surface area (Å²) in [5.74, 6) is -0.617. The molecule has 0 radical (unpaired) electrons. The van der Waals surface area contributed by atoms with Crippen molar-refractivity contribution in [3.8, 4) is 0 Å². The van der Waals surface area contributed by atoms with E-state index in [9.17, 15) is 9.59 Å². The molecule has 0 unspecified atom stereocenters. The molecule has 142 valence electrons. The zero-order valence-corrected chi connectivity index (χ0v) is 15.8. The molecule has 0 saturated carbocycles. The Kier molecular flexibility index (Phi) is 6.58. The van der Waals surface area contributed by atoms with Crippen LogP contribution in [0.15, 0.2) is 84.9 Å². The zero-order valence-electron chi connectivity index (χ0n) is 15.8. The fourth-order valence-corrected chi connectivity index (χ4v) is 2.85. The number of carbonyl (C=O) groups is 2. The predicted octanol–water partition coefficient (Wildman–Crippen LogP) is 5.05. The fourth-order valence-electron chi connectivity index (χ4n) is 2.85. The maximum absolute atomic E-state index is 12.4. The summed E-state index contributed by atoms with van der Waals surface area (Å²) in [4.78, 5) is 24.5. The number of benzene rings is 3. The Labute approximate surface area is 165 Å².